The molecular weight excluding hydrogens is 196 g/mol. The zero-order valence-corrected chi connectivity index (χ0v) is 10.4. The summed E-state index contributed by atoms with van der Waals surface area (Å²) in [6, 6.07) is 0.218. The molecule has 0 bridgehead atoms. The molecule has 4 heteroatoms. The van der Waals surface area contributed by atoms with Crippen LogP contribution < -0.4 is 11.1 Å². The minimum absolute atomic E-state index is 0.0732. The van der Waals surface area contributed by atoms with Crippen molar-refractivity contribution in [1.29, 1.82) is 0 Å². The Balaban J connectivity index is 4.18. The first-order valence-electron chi connectivity index (χ1n) is 5.00. The second kappa shape index (κ2) is 6.30. The van der Waals surface area contributed by atoms with Crippen LogP contribution in [0.2, 0.25) is 0 Å². The lowest BCUT2D eigenvalue weighted by Crippen LogP contribution is -2.47. The fraction of sp³-hybridized carbons (Fsp3) is 0.900. The van der Waals surface area contributed by atoms with E-state index in [1.165, 1.54) is 0 Å². The average molecular weight is 218 g/mol. The third-order valence-corrected chi connectivity index (χ3v) is 3.41. The van der Waals surface area contributed by atoms with E-state index in [1.807, 2.05) is 27.0 Å². The monoisotopic (exact) mass is 218 g/mol. The quantitative estimate of drug-likeness (QED) is 0.705. The van der Waals surface area contributed by atoms with Crippen molar-refractivity contribution in [1.82, 2.24) is 5.32 Å². The highest BCUT2D eigenvalue weighted by Crippen LogP contribution is 2.19. The van der Waals surface area contributed by atoms with Gasteiger partial charge in [-0.3, -0.25) is 4.79 Å². The van der Waals surface area contributed by atoms with Crippen LogP contribution in [0, 0.1) is 5.41 Å². The number of carbonyl (C=O) groups is 1. The van der Waals surface area contributed by atoms with Crippen molar-refractivity contribution in [3.63, 3.8) is 0 Å². The van der Waals surface area contributed by atoms with Gasteiger partial charge in [0, 0.05) is 18.3 Å². The Kier molecular flexibility index (Phi) is 6.20. The minimum Gasteiger partial charge on any atom is -0.352 e. The van der Waals surface area contributed by atoms with Crippen molar-refractivity contribution in [2.24, 2.45) is 11.1 Å². The molecule has 0 spiro atoms. The van der Waals surface area contributed by atoms with Gasteiger partial charge in [-0.1, -0.05) is 6.92 Å². The standard InChI is InChI=1S/C10H22N2OS/c1-5-10(3,7-11)9(13)12-8(2)6-14-4/h8H,5-7,11H2,1-4H3,(H,12,13). The predicted octanol–water partition coefficient (Wildman–Crippen LogP) is 1.23. The Morgan fingerprint density at radius 2 is 2.21 bits per heavy atom. The number of carbonyl (C=O) groups excluding carboxylic acids is 1. The van der Waals surface area contributed by atoms with E-state index in [2.05, 4.69) is 5.32 Å². The van der Waals surface area contributed by atoms with E-state index < -0.39 is 5.41 Å². The maximum absolute atomic E-state index is 11.8. The molecule has 0 radical (unpaired) electrons. The average Bonchev–Trinajstić information content (AvgIpc) is 2.16. The third-order valence-electron chi connectivity index (χ3n) is 2.57. The summed E-state index contributed by atoms with van der Waals surface area (Å²) < 4.78 is 0. The minimum atomic E-state index is -0.410. The number of thioether (sulfide) groups is 1. The van der Waals surface area contributed by atoms with E-state index in [4.69, 9.17) is 5.73 Å². The van der Waals surface area contributed by atoms with Crippen molar-refractivity contribution in [3.8, 4) is 0 Å². The Morgan fingerprint density at radius 1 is 1.64 bits per heavy atom. The lowest BCUT2D eigenvalue weighted by molar-refractivity contribution is -0.130. The number of nitrogens with two attached hydrogens (primary N) is 1. The van der Waals surface area contributed by atoms with Gasteiger partial charge < -0.3 is 11.1 Å². The summed E-state index contributed by atoms with van der Waals surface area (Å²) in [5.41, 5.74) is 5.19. The van der Waals surface area contributed by atoms with E-state index in [0.717, 1.165) is 12.2 Å². The van der Waals surface area contributed by atoms with E-state index in [1.54, 1.807) is 11.8 Å². The number of hydrogen-bond donors (Lipinski definition) is 2. The van der Waals surface area contributed by atoms with Gasteiger partial charge in [-0.25, -0.2) is 0 Å². The Labute approximate surface area is 91.2 Å². The van der Waals surface area contributed by atoms with Gasteiger partial charge in [0.1, 0.15) is 0 Å². The Bertz CT molecular complexity index is 181. The maximum Gasteiger partial charge on any atom is 0.227 e. The van der Waals surface area contributed by atoms with Crippen LogP contribution in [0.1, 0.15) is 27.2 Å². The van der Waals surface area contributed by atoms with Crippen LogP contribution in [-0.4, -0.2) is 30.5 Å². The van der Waals surface area contributed by atoms with Gasteiger partial charge in [0.05, 0.1) is 5.41 Å². The first kappa shape index (κ1) is 13.8. The van der Waals surface area contributed by atoms with Crippen molar-refractivity contribution in [3.05, 3.63) is 0 Å². The second-order valence-electron chi connectivity index (χ2n) is 3.95. The van der Waals surface area contributed by atoms with Crippen LogP contribution in [0.15, 0.2) is 0 Å². The highest BCUT2D eigenvalue weighted by atomic mass is 32.2. The summed E-state index contributed by atoms with van der Waals surface area (Å²) in [5.74, 6) is 1.01. The fourth-order valence-electron chi connectivity index (χ4n) is 1.09. The molecule has 84 valence electrons. The van der Waals surface area contributed by atoms with Crippen LogP contribution in [-0.2, 0) is 4.79 Å². The summed E-state index contributed by atoms with van der Waals surface area (Å²) in [7, 11) is 0. The van der Waals surface area contributed by atoms with Crippen LogP contribution in [0.3, 0.4) is 0 Å². The molecule has 0 aromatic carbocycles. The van der Waals surface area contributed by atoms with Gasteiger partial charge in [-0.05, 0) is 26.5 Å². The fourth-order valence-corrected chi connectivity index (χ4v) is 1.67. The second-order valence-corrected chi connectivity index (χ2v) is 4.86. The van der Waals surface area contributed by atoms with Gasteiger partial charge in [-0.15, -0.1) is 0 Å². The van der Waals surface area contributed by atoms with Gasteiger partial charge in [0.2, 0.25) is 5.91 Å². The third kappa shape index (κ3) is 3.88. The summed E-state index contributed by atoms with van der Waals surface area (Å²) in [6.45, 7) is 6.32. The van der Waals surface area contributed by atoms with Crippen LogP contribution >= 0.6 is 11.8 Å². The number of rotatable bonds is 6. The zero-order valence-electron chi connectivity index (χ0n) is 9.59. The molecule has 0 rings (SSSR count). The molecule has 3 N–H and O–H groups in total. The normalized spacial score (nSPS) is 17.2. The molecule has 14 heavy (non-hydrogen) atoms. The summed E-state index contributed by atoms with van der Waals surface area (Å²) in [5, 5.41) is 2.98. The molecule has 2 unspecified atom stereocenters. The molecule has 0 aliphatic heterocycles. The molecule has 0 heterocycles. The van der Waals surface area contributed by atoms with E-state index in [-0.39, 0.29) is 11.9 Å². The van der Waals surface area contributed by atoms with E-state index >= 15 is 0 Å². The first-order chi connectivity index (χ1) is 6.50. The molecule has 0 saturated carbocycles. The summed E-state index contributed by atoms with van der Waals surface area (Å²) in [6.07, 6.45) is 2.81. The smallest absolute Gasteiger partial charge is 0.227 e. The van der Waals surface area contributed by atoms with Gasteiger partial charge in [-0.2, -0.15) is 11.8 Å². The number of nitrogens with one attached hydrogen (secondary N) is 1. The summed E-state index contributed by atoms with van der Waals surface area (Å²) in [4.78, 5) is 11.8. The van der Waals surface area contributed by atoms with Crippen molar-refractivity contribution in [2.75, 3.05) is 18.6 Å². The molecule has 0 aliphatic carbocycles. The van der Waals surface area contributed by atoms with Crippen LogP contribution in [0.5, 0.6) is 0 Å². The largest absolute Gasteiger partial charge is 0.352 e. The van der Waals surface area contributed by atoms with Gasteiger partial charge in [0.15, 0.2) is 0 Å². The lowest BCUT2D eigenvalue weighted by Gasteiger charge is -2.27. The molecule has 2 atom stereocenters. The molecule has 0 fully saturated rings. The summed E-state index contributed by atoms with van der Waals surface area (Å²) >= 11 is 1.73. The van der Waals surface area contributed by atoms with Crippen LogP contribution in [0.25, 0.3) is 0 Å². The Morgan fingerprint density at radius 3 is 2.57 bits per heavy atom. The highest BCUT2D eigenvalue weighted by molar-refractivity contribution is 7.98. The highest BCUT2D eigenvalue weighted by Gasteiger charge is 2.30. The predicted molar refractivity (Wildman–Crippen MR) is 63.4 cm³/mol. The molecule has 1 amide bonds. The lowest BCUT2D eigenvalue weighted by atomic mass is 9.86. The Hall–Kier alpha value is -0.220. The maximum atomic E-state index is 11.8. The molecule has 0 aromatic heterocycles. The molecule has 0 aromatic rings. The van der Waals surface area contributed by atoms with Crippen molar-refractivity contribution in [2.45, 2.75) is 33.2 Å². The van der Waals surface area contributed by atoms with E-state index in [9.17, 15) is 4.79 Å². The van der Waals surface area contributed by atoms with E-state index in [0.29, 0.717) is 6.54 Å². The zero-order chi connectivity index (χ0) is 11.2. The number of hydrogen-bond acceptors (Lipinski definition) is 3. The molecular formula is C10H22N2OS. The molecule has 3 nitrogen and oxygen atoms in total. The van der Waals surface area contributed by atoms with Crippen molar-refractivity contribution >= 4 is 17.7 Å². The van der Waals surface area contributed by atoms with Gasteiger partial charge >= 0.3 is 0 Å². The SMILES string of the molecule is CCC(C)(CN)C(=O)NC(C)CSC. The van der Waals surface area contributed by atoms with Gasteiger partial charge in [0.25, 0.3) is 0 Å². The molecule has 0 aliphatic rings. The topological polar surface area (TPSA) is 55.1 Å². The van der Waals surface area contributed by atoms with Crippen LogP contribution in [0.4, 0.5) is 0 Å². The van der Waals surface area contributed by atoms with Crippen molar-refractivity contribution < 1.29 is 4.79 Å². The first-order valence-corrected chi connectivity index (χ1v) is 6.39. The number of amides is 1. The molecule has 0 saturated heterocycles.